The summed E-state index contributed by atoms with van der Waals surface area (Å²) in [7, 11) is -1.46. The standard InChI is InChI=1S/C52H55BF2N8O13/c1-72-42-16-12-39(13-17-42)44-26-46(40-10-6-3-7-11-40)57-51(44)58-52-45(38-8-4-2-5-9-38)27-47(63(52)53(54)55)41-14-18-43(19-15-41)76-31-56-48(67)28-61(33-74-36-65)25-23-60(32-73-35-64)22-20-59(29-49(68)69)21-24-62(30-50(70)71)34-75-37-66/h2-19,26-27,35-37H,20-25,28-34H2,1H3,(H,56,67)(H,68,69)(H,70,71). The minimum Gasteiger partial charge on any atom is -0.497 e. The van der Waals surface area contributed by atoms with Crippen LogP contribution in [0.5, 0.6) is 11.5 Å². The van der Waals surface area contributed by atoms with E-state index < -0.39 is 38.3 Å². The van der Waals surface area contributed by atoms with Gasteiger partial charge in [0.15, 0.2) is 12.6 Å². The number of carboxylic acid groups (broad SMARTS) is 2. The molecule has 24 heteroatoms. The smallest absolute Gasteiger partial charge is 0.497 e. The van der Waals surface area contributed by atoms with E-state index in [2.05, 4.69) is 10.1 Å². The number of nitrogens with zero attached hydrogens (tertiary/aromatic N) is 7. The SMILES string of the molecule is COc1ccc(C2=CC(c3ccccc3)=NC2=Nc2c(-c3ccccc3)cc(-c3ccc(OCNC(=O)CN(CCN(CCN(CCN(COC=O)CC(=O)O)CC(=O)O)COC=O)COC=O)cc3)n2B(F)F)cc1. The maximum absolute atomic E-state index is 15.5. The summed E-state index contributed by atoms with van der Waals surface area (Å²) >= 11 is 0. The molecule has 21 nitrogen and oxygen atoms in total. The number of allylic oxidation sites excluding steroid dienone is 1. The fraction of sp³-hybridized carbons (Fsp3) is 0.269. The Kier molecular flexibility index (Phi) is 21.9. The van der Waals surface area contributed by atoms with Gasteiger partial charge in [0.25, 0.3) is 19.4 Å². The number of carboxylic acids is 2. The lowest BCUT2D eigenvalue weighted by Gasteiger charge is -2.29. The van der Waals surface area contributed by atoms with E-state index in [1.54, 1.807) is 54.5 Å². The van der Waals surface area contributed by atoms with Gasteiger partial charge in [-0.25, -0.2) is 9.98 Å². The highest BCUT2D eigenvalue weighted by molar-refractivity contribution is 6.43. The highest BCUT2D eigenvalue weighted by atomic mass is 19.2. The topological polar surface area (TPSA) is 244 Å². The number of hydrogen-bond donors (Lipinski definition) is 3. The summed E-state index contributed by atoms with van der Waals surface area (Å²) in [6.07, 6.45) is 1.88. The van der Waals surface area contributed by atoms with Crippen LogP contribution in [0.4, 0.5) is 14.4 Å². The second-order valence-electron chi connectivity index (χ2n) is 16.7. The summed E-state index contributed by atoms with van der Waals surface area (Å²) in [5, 5.41) is 21.3. The molecule has 6 rings (SSSR count). The molecule has 76 heavy (non-hydrogen) atoms. The first kappa shape index (κ1) is 56.7. The van der Waals surface area contributed by atoms with Gasteiger partial charge in [-0.15, -0.1) is 0 Å². The number of carbonyl (C=O) groups is 6. The zero-order chi connectivity index (χ0) is 54.2. The van der Waals surface area contributed by atoms with Crippen molar-refractivity contribution >= 4 is 67.6 Å². The molecule has 0 saturated heterocycles. The van der Waals surface area contributed by atoms with Crippen molar-refractivity contribution in [1.29, 1.82) is 0 Å². The van der Waals surface area contributed by atoms with Crippen LogP contribution in [0.15, 0.2) is 131 Å². The fourth-order valence-corrected chi connectivity index (χ4v) is 7.92. The summed E-state index contributed by atoms with van der Waals surface area (Å²) in [5.41, 5.74) is 4.51. The number of aliphatic imine (C=N–C) groups is 2. The lowest BCUT2D eigenvalue weighted by Crippen LogP contribution is -2.46. The number of aromatic nitrogens is 1. The lowest BCUT2D eigenvalue weighted by molar-refractivity contribution is -0.144. The molecule has 0 fully saturated rings. The number of amidine groups is 1. The molecule has 0 aliphatic carbocycles. The fourth-order valence-electron chi connectivity index (χ4n) is 7.92. The summed E-state index contributed by atoms with van der Waals surface area (Å²) in [6, 6.07) is 33.9. The second kappa shape index (κ2) is 29.3. The minimum atomic E-state index is -3.03. The Morgan fingerprint density at radius 2 is 1.14 bits per heavy atom. The number of carbonyl (C=O) groups excluding carboxylic acids is 4. The third-order valence-corrected chi connectivity index (χ3v) is 11.6. The average Bonchev–Trinajstić information content (AvgIpc) is 4.03. The van der Waals surface area contributed by atoms with E-state index in [1.807, 2.05) is 78.9 Å². The molecule has 398 valence electrons. The molecule has 1 aliphatic heterocycles. The Morgan fingerprint density at radius 3 is 1.70 bits per heavy atom. The Bertz CT molecular complexity index is 2820. The Labute approximate surface area is 436 Å². The number of rotatable bonds is 34. The molecule has 2 heterocycles. The van der Waals surface area contributed by atoms with Crippen LogP contribution >= 0.6 is 0 Å². The first-order chi connectivity index (χ1) is 36.9. The number of nitrogens with one attached hydrogen (secondary N) is 1. The molecule has 3 N–H and O–H groups in total. The number of amides is 1. The molecule has 0 spiro atoms. The van der Waals surface area contributed by atoms with Crippen molar-refractivity contribution in [3.63, 3.8) is 0 Å². The van der Waals surface area contributed by atoms with E-state index in [9.17, 15) is 39.0 Å². The van der Waals surface area contributed by atoms with E-state index in [0.717, 1.165) is 15.6 Å². The molecule has 0 bridgehead atoms. The second-order valence-corrected chi connectivity index (χ2v) is 16.7. The van der Waals surface area contributed by atoms with Gasteiger partial charge in [0.1, 0.15) is 37.5 Å². The third kappa shape index (κ3) is 17.0. The van der Waals surface area contributed by atoms with E-state index >= 15 is 8.63 Å². The zero-order valence-corrected chi connectivity index (χ0v) is 41.3. The monoisotopic (exact) mass is 1050 g/mol. The number of ether oxygens (including phenoxy) is 5. The van der Waals surface area contributed by atoms with Crippen LogP contribution in [-0.2, 0) is 43.0 Å². The van der Waals surface area contributed by atoms with E-state index in [4.69, 9.17) is 28.9 Å². The van der Waals surface area contributed by atoms with Crippen LogP contribution in [-0.4, -0.2) is 183 Å². The van der Waals surface area contributed by atoms with Gasteiger partial charge < -0.3 is 43.7 Å². The molecule has 4 aromatic carbocycles. The summed E-state index contributed by atoms with van der Waals surface area (Å²) in [6.45, 7) is -1.03. The molecule has 1 aliphatic rings. The molecular weight excluding hydrogens is 993 g/mol. The van der Waals surface area contributed by atoms with Gasteiger partial charge in [0, 0.05) is 61.7 Å². The number of halogens is 2. The molecule has 0 radical (unpaired) electrons. The van der Waals surface area contributed by atoms with Gasteiger partial charge in [0.05, 0.1) is 32.5 Å². The lowest BCUT2D eigenvalue weighted by atomic mass is 10.0. The van der Waals surface area contributed by atoms with Crippen molar-refractivity contribution in [1.82, 2.24) is 29.4 Å². The Hall–Kier alpha value is -8.58. The van der Waals surface area contributed by atoms with Gasteiger partial charge >= 0.3 is 19.3 Å². The van der Waals surface area contributed by atoms with Crippen LogP contribution in [0.25, 0.3) is 28.0 Å². The van der Waals surface area contributed by atoms with Gasteiger partial charge in [-0.05, 0) is 65.2 Å². The highest BCUT2D eigenvalue weighted by Gasteiger charge is 2.30. The summed E-state index contributed by atoms with van der Waals surface area (Å²) < 4.78 is 57.6. The predicted octanol–water partition coefficient (Wildman–Crippen LogP) is 4.44. The maximum atomic E-state index is 15.5. The predicted molar refractivity (Wildman–Crippen MR) is 276 cm³/mol. The molecule has 5 aromatic rings. The Balaban J connectivity index is 1.13. The van der Waals surface area contributed by atoms with Gasteiger partial charge in [-0.1, -0.05) is 72.8 Å². The van der Waals surface area contributed by atoms with Gasteiger partial charge in [0.2, 0.25) is 5.91 Å². The highest BCUT2D eigenvalue weighted by Crippen LogP contribution is 2.41. The van der Waals surface area contributed by atoms with Crippen LogP contribution in [0.1, 0.15) is 11.1 Å². The van der Waals surface area contributed by atoms with Gasteiger partial charge in [-0.2, -0.15) is 0 Å². The van der Waals surface area contributed by atoms with Crippen molar-refractivity contribution < 1.29 is 71.3 Å². The van der Waals surface area contributed by atoms with Crippen LogP contribution in [0.2, 0.25) is 0 Å². The molecular formula is C52H55BF2N8O13. The number of benzene rings is 4. The van der Waals surface area contributed by atoms with E-state index in [-0.39, 0.29) is 110 Å². The Morgan fingerprint density at radius 1 is 0.645 bits per heavy atom. The van der Waals surface area contributed by atoms with Crippen LogP contribution < -0.4 is 14.8 Å². The number of methoxy groups -OCH3 is 1. The summed E-state index contributed by atoms with van der Waals surface area (Å²) in [4.78, 5) is 84.7. The van der Waals surface area contributed by atoms with Crippen LogP contribution in [0.3, 0.4) is 0 Å². The first-order valence-electron chi connectivity index (χ1n) is 23.6. The largest absolute Gasteiger partial charge is 0.679 e. The molecule has 1 aromatic heterocycles. The van der Waals surface area contributed by atoms with E-state index in [1.165, 1.54) is 14.7 Å². The van der Waals surface area contributed by atoms with Crippen molar-refractivity contribution in [2.24, 2.45) is 9.98 Å². The molecule has 0 saturated carbocycles. The molecule has 1 amide bonds. The van der Waals surface area contributed by atoms with Crippen molar-refractivity contribution in [2.75, 3.05) is 92.9 Å². The number of hydrogen-bond acceptors (Lipinski definition) is 16. The normalized spacial score (nSPS) is 12.6. The summed E-state index contributed by atoms with van der Waals surface area (Å²) in [5.74, 6) is -1.68. The van der Waals surface area contributed by atoms with Crippen molar-refractivity contribution in [3.8, 4) is 33.9 Å². The number of aliphatic carboxylic acids is 2. The molecule has 0 atom stereocenters. The zero-order valence-electron chi connectivity index (χ0n) is 41.3. The minimum absolute atomic E-state index is 0.0119. The quantitative estimate of drug-likeness (QED) is 0.0223. The van der Waals surface area contributed by atoms with Gasteiger partial charge in [-0.3, -0.25) is 57.0 Å². The first-order valence-corrected chi connectivity index (χ1v) is 23.6. The van der Waals surface area contributed by atoms with E-state index in [0.29, 0.717) is 39.5 Å². The third-order valence-electron chi connectivity index (χ3n) is 11.6. The molecule has 0 unspecified atom stereocenters. The van der Waals surface area contributed by atoms with Crippen molar-refractivity contribution in [3.05, 3.63) is 132 Å². The van der Waals surface area contributed by atoms with Crippen LogP contribution in [0, 0.1) is 0 Å². The van der Waals surface area contributed by atoms with Crippen molar-refractivity contribution in [2.45, 2.75) is 0 Å². The average molecular weight is 1050 g/mol. The maximum Gasteiger partial charge on any atom is 0.679 e.